The lowest BCUT2D eigenvalue weighted by Gasteiger charge is -2.10. The number of aryl methyl sites for hydroxylation is 1. The standard InChI is InChI=1S/C21H17FN2O3S2/c1-3-27-21(26)19-18(23-13-4-6-16(22)12(2)10-13)15-5-7-17(25)24(20(15)29-19)14-8-9-28-11-14/h4-11,23H,3H2,1-2H3. The van der Waals surface area contributed by atoms with E-state index in [0.29, 0.717) is 32.0 Å². The molecule has 0 atom stereocenters. The number of esters is 1. The molecule has 0 amide bonds. The minimum absolute atomic E-state index is 0.184. The highest BCUT2D eigenvalue weighted by Gasteiger charge is 2.23. The summed E-state index contributed by atoms with van der Waals surface area (Å²) < 4.78 is 20.5. The molecule has 4 aromatic rings. The first-order valence-electron chi connectivity index (χ1n) is 8.91. The fourth-order valence-corrected chi connectivity index (χ4v) is 4.83. The Balaban J connectivity index is 1.94. The van der Waals surface area contributed by atoms with Crippen LogP contribution in [-0.4, -0.2) is 17.1 Å². The van der Waals surface area contributed by atoms with Crippen LogP contribution in [0, 0.1) is 12.7 Å². The number of hydrogen-bond acceptors (Lipinski definition) is 6. The number of nitrogens with zero attached hydrogens (tertiary/aromatic N) is 1. The first-order chi connectivity index (χ1) is 14.0. The molecule has 0 radical (unpaired) electrons. The summed E-state index contributed by atoms with van der Waals surface area (Å²) in [6, 6.07) is 9.67. The summed E-state index contributed by atoms with van der Waals surface area (Å²) in [5.74, 6) is -0.776. The Labute approximate surface area is 174 Å². The van der Waals surface area contributed by atoms with E-state index in [1.807, 2.05) is 16.8 Å². The predicted molar refractivity (Wildman–Crippen MR) is 116 cm³/mol. The van der Waals surface area contributed by atoms with Crippen molar-refractivity contribution in [3.63, 3.8) is 0 Å². The third-order valence-corrected chi connectivity index (χ3v) is 6.24. The van der Waals surface area contributed by atoms with E-state index in [9.17, 15) is 14.0 Å². The van der Waals surface area contributed by atoms with Crippen molar-refractivity contribution in [1.29, 1.82) is 0 Å². The summed E-state index contributed by atoms with van der Waals surface area (Å²) in [5, 5.41) is 7.70. The average Bonchev–Trinajstić information content (AvgIpc) is 3.33. The molecule has 5 nitrogen and oxygen atoms in total. The summed E-state index contributed by atoms with van der Waals surface area (Å²) in [4.78, 5) is 26.2. The molecule has 4 rings (SSSR count). The fourth-order valence-electron chi connectivity index (χ4n) is 3.04. The van der Waals surface area contributed by atoms with Gasteiger partial charge in [0.05, 0.1) is 18.0 Å². The van der Waals surface area contributed by atoms with Crippen LogP contribution in [0.4, 0.5) is 15.8 Å². The number of rotatable bonds is 5. The van der Waals surface area contributed by atoms with Gasteiger partial charge in [-0.3, -0.25) is 9.36 Å². The van der Waals surface area contributed by atoms with Crippen LogP contribution in [0.1, 0.15) is 22.2 Å². The van der Waals surface area contributed by atoms with Crippen LogP contribution < -0.4 is 10.9 Å². The smallest absolute Gasteiger partial charge is 0.350 e. The molecule has 1 aromatic carbocycles. The number of thiophene rings is 2. The van der Waals surface area contributed by atoms with E-state index in [1.165, 1.54) is 34.8 Å². The highest BCUT2D eigenvalue weighted by atomic mass is 32.1. The van der Waals surface area contributed by atoms with Crippen LogP contribution in [0.25, 0.3) is 15.9 Å². The van der Waals surface area contributed by atoms with Gasteiger partial charge in [-0.15, -0.1) is 11.3 Å². The Kier molecular flexibility index (Phi) is 5.21. The van der Waals surface area contributed by atoms with Gasteiger partial charge in [0.15, 0.2) is 0 Å². The Morgan fingerprint density at radius 1 is 1.24 bits per heavy atom. The molecule has 148 valence electrons. The molecule has 0 saturated heterocycles. The second kappa shape index (κ2) is 7.81. The minimum atomic E-state index is -0.473. The Bertz CT molecular complexity index is 1260. The average molecular weight is 429 g/mol. The zero-order chi connectivity index (χ0) is 20.5. The van der Waals surface area contributed by atoms with Gasteiger partial charge in [-0.25, -0.2) is 9.18 Å². The molecule has 0 unspecified atom stereocenters. The van der Waals surface area contributed by atoms with Crippen molar-refractivity contribution in [2.24, 2.45) is 0 Å². The van der Waals surface area contributed by atoms with Gasteiger partial charge in [-0.2, -0.15) is 11.3 Å². The van der Waals surface area contributed by atoms with Crippen LogP contribution in [0.3, 0.4) is 0 Å². The largest absolute Gasteiger partial charge is 0.462 e. The number of halogens is 1. The van der Waals surface area contributed by atoms with E-state index in [2.05, 4.69) is 5.32 Å². The van der Waals surface area contributed by atoms with Crippen molar-refractivity contribution < 1.29 is 13.9 Å². The van der Waals surface area contributed by atoms with E-state index in [-0.39, 0.29) is 18.0 Å². The van der Waals surface area contributed by atoms with Crippen LogP contribution in [-0.2, 0) is 4.74 Å². The second-order valence-electron chi connectivity index (χ2n) is 6.32. The summed E-state index contributed by atoms with van der Waals surface area (Å²) >= 11 is 2.68. The third kappa shape index (κ3) is 3.56. The van der Waals surface area contributed by atoms with Gasteiger partial charge in [0.2, 0.25) is 0 Å². The van der Waals surface area contributed by atoms with Crippen LogP contribution in [0.5, 0.6) is 0 Å². The zero-order valence-corrected chi connectivity index (χ0v) is 17.3. The molecule has 0 bridgehead atoms. The van der Waals surface area contributed by atoms with Crippen molar-refractivity contribution in [3.05, 3.63) is 73.8 Å². The van der Waals surface area contributed by atoms with E-state index in [4.69, 9.17) is 4.74 Å². The van der Waals surface area contributed by atoms with Crippen molar-refractivity contribution in [3.8, 4) is 5.69 Å². The van der Waals surface area contributed by atoms with Crippen LogP contribution >= 0.6 is 22.7 Å². The Hall–Kier alpha value is -2.97. The van der Waals surface area contributed by atoms with Gasteiger partial charge >= 0.3 is 5.97 Å². The molecule has 3 heterocycles. The third-order valence-electron chi connectivity index (χ3n) is 4.39. The Morgan fingerprint density at radius 3 is 2.76 bits per heavy atom. The number of anilines is 2. The number of carbonyl (C=O) groups excluding carboxylic acids is 1. The second-order valence-corrected chi connectivity index (χ2v) is 8.10. The summed E-state index contributed by atoms with van der Waals surface area (Å²) in [7, 11) is 0. The molecule has 0 aliphatic carbocycles. The number of nitrogens with one attached hydrogen (secondary N) is 1. The lowest BCUT2D eigenvalue weighted by molar-refractivity contribution is 0.0533. The number of fused-ring (bicyclic) bond motifs is 1. The van der Waals surface area contributed by atoms with Crippen molar-refractivity contribution in [2.75, 3.05) is 11.9 Å². The number of carbonyl (C=O) groups is 1. The zero-order valence-electron chi connectivity index (χ0n) is 15.7. The Morgan fingerprint density at radius 2 is 2.07 bits per heavy atom. The lowest BCUT2D eigenvalue weighted by Crippen LogP contribution is -2.15. The van der Waals surface area contributed by atoms with Gasteiger partial charge in [0.1, 0.15) is 15.5 Å². The highest BCUT2D eigenvalue weighted by Crippen LogP contribution is 2.38. The number of hydrogen-bond donors (Lipinski definition) is 1. The molecule has 3 aromatic heterocycles. The first-order valence-corrected chi connectivity index (χ1v) is 10.7. The summed E-state index contributed by atoms with van der Waals surface area (Å²) in [6.07, 6.45) is 0. The summed E-state index contributed by atoms with van der Waals surface area (Å²) in [6.45, 7) is 3.65. The topological polar surface area (TPSA) is 60.3 Å². The SMILES string of the molecule is CCOC(=O)c1sc2c(ccc(=O)n2-c2ccsc2)c1Nc1ccc(F)c(C)c1. The monoisotopic (exact) mass is 428 g/mol. The van der Waals surface area contributed by atoms with Gasteiger partial charge in [-0.1, -0.05) is 0 Å². The van der Waals surface area contributed by atoms with Crippen LogP contribution in [0.15, 0.2) is 52.0 Å². The molecule has 0 fully saturated rings. The van der Waals surface area contributed by atoms with Gasteiger partial charge in [-0.05, 0) is 55.1 Å². The molecule has 1 N–H and O–H groups in total. The maximum absolute atomic E-state index is 13.7. The number of pyridine rings is 1. The van der Waals surface area contributed by atoms with Crippen molar-refractivity contribution in [1.82, 2.24) is 4.57 Å². The van der Waals surface area contributed by atoms with E-state index in [0.717, 1.165) is 5.69 Å². The van der Waals surface area contributed by atoms with Crippen LogP contribution in [0.2, 0.25) is 0 Å². The molecular weight excluding hydrogens is 411 g/mol. The lowest BCUT2D eigenvalue weighted by atomic mass is 10.2. The maximum Gasteiger partial charge on any atom is 0.350 e. The van der Waals surface area contributed by atoms with Gasteiger partial charge in [0.25, 0.3) is 5.56 Å². The molecule has 0 saturated carbocycles. The van der Waals surface area contributed by atoms with E-state index in [1.54, 1.807) is 36.6 Å². The molecular formula is C21H17FN2O3S2. The number of ether oxygens (including phenoxy) is 1. The molecule has 0 aliphatic rings. The normalized spacial score (nSPS) is 11.0. The summed E-state index contributed by atoms with van der Waals surface area (Å²) in [5.41, 5.74) is 2.23. The predicted octanol–water partition coefficient (Wildman–Crippen LogP) is 5.48. The molecule has 0 aliphatic heterocycles. The molecule has 8 heteroatoms. The number of aromatic nitrogens is 1. The fraction of sp³-hybridized carbons (Fsp3) is 0.143. The minimum Gasteiger partial charge on any atom is -0.462 e. The van der Waals surface area contributed by atoms with E-state index >= 15 is 0 Å². The first kappa shape index (κ1) is 19.4. The maximum atomic E-state index is 13.7. The highest BCUT2D eigenvalue weighted by molar-refractivity contribution is 7.21. The number of benzene rings is 1. The molecule has 0 spiro atoms. The van der Waals surface area contributed by atoms with E-state index < -0.39 is 5.97 Å². The van der Waals surface area contributed by atoms with Gasteiger partial charge in [0, 0.05) is 22.5 Å². The van der Waals surface area contributed by atoms with Gasteiger partial charge < -0.3 is 10.1 Å². The molecule has 29 heavy (non-hydrogen) atoms. The van der Waals surface area contributed by atoms with Crippen molar-refractivity contribution in [2.45, 2.75) is 13.8 Å². The van der Waals surface area contributed by atoms with Crippen molar-refractivity contribution >= 4 is 50.2 Å². The quantitative estimate of drug-likeness (QED) is 0.428.